The minimum Gasteiger partial charge on any atom is -0.465 e. The number of ether oxygens (including phenoxy) is 1. The van der Waals surface area contributed by atoms with E-state index in [0.717, 1.165) is 30.5 Å². The zero-order valence-electron chi connectivity index (χ0n) is 12.4. The molecule has 0 aromatic heterocycles. The first kappa shape index (κ1) is 15.5. The lowest BCUT2D eigenvalue weighted by molar-refractivity contribution is -0.142. The maximum absolute atomic E-state index is 12.5. The Balaban J connectivity index is 2.34. The Morgan fingerprint density at radius 3 is 2.90 bits per heavy atom. The maximum atomic E-state index is 12.5. The van der Waals surface area contributed by atoms with Crippen molar-refractivity contribution in [1.29, 1.82) is 0 Å². The van der Waals surface area contributed by atoms with E-state index in [9.17, 15) is 9.59 Å². The summed E-state index contributed by atoms with van der Waals surface area (Å²) in [5.74, 6) is -0.621. The van der Waals surface area contributed by atoms with E-state index in [-0.39, 0.29) is 12.5 Å². The van der Waals surface area contributed by atoms with Crippen LogP contribution in [0.15, 0.2) is 24.3 Å². The summed E-state index contributed by atoms with van der Waals surface area (Å²) in [6, 6.07) is 7.12. The second-order valence-corrected chi connectivity index (χ2v) is 5.21. The highest BCUT2D eigenvalue weighted by Gasteiger charge is 2.27. The quantitative estimate of drug-likeness (QED) is 0.859. The van der Waals surface area contributed by atoms with E-state index in [4.69, 9.17) is 10.5 Å². The second-order valence-electron chi connectivity index (χ2n) is 5.21. The SMILES string of the molecule is CCOC(=O)CN1C(=O)C(N)CCCCc2ccccc21. The number of esters is 1. The van der Waals surface area contributed by atoms with Crippen molar-refractivity contribution in [1.82, 2.24) is 0 Å². The number of nitrogens with two attached hydrogens (primary N) is 1. The predicted molar refractivity (Wildman–Crippen MR) is 81.0 cm³/mol. The topological polar surface area (TPSA) is 72.6 Å². The van der Waals surface area contributed by atoms with E-state index in [1.807, 2.05) is 24.3 Å². The molecule has 5 nitrogen and oxygen atoms in total. The van der Waals surface area contributed by atoms with Crippen LogP contribution in [0.4, 0.5) is 5.69 Å². The van der Waals surface area contributed by atoms with Crippen LogP contribution in [0, 0.1) is 0 Å². The normalized spacial score (nSPS) is 19.2. The van der Waals surface area contributed by atoms with Crippen molar-refractivity contribution in [2.45, 2.75) is 38.6 Å². The van der Waals surface area contributed by atoms with E-state index in [0.29, 0.717) is 13.0 Å². The Morgan fingerprint density at radius 1 is 1.38 bits per heavy atom. The Hall–Kier alpha value is -1.88. The molecule has 1 atom stereocenters. The standard InChI is InChI=1S/C16H22N2O3/c1-2-21-15(19)11-18-14-10-6-4-8-12(14)7-3-5-9-13(17)16(18)20/h4,6,8,10,13H,2-3,5,7,9,11,17H2,1H3. The van der Waals surface area contributed by atoms with E-state index in [1.54, 1.807) is 6.92 Å². The van der Waals surface area contributed by atoms with Crippen LogP contribution in [0.3, 0.4) is 0 Å². The summed E-state index contributed by atoms with van der Waals surface area (Å²) in [4.78, 5) is 25.8. The van der Waals surface area contributed by atoms with Gasteiger partial charge in [-0.3, -0.25) is 14.5 Å². The van der Waals surface area contributed by atoms with Crippen LogP contribution in [0.25, 0.3) is 0 Å². The number of fused-ring (bicyclic) bond motifs is 1. The van der Waals surface area contributed by atoms with E-state index < -0.39 is 12.0 Å². The molecular formula is C16H22N2O3. The number of amides is 1. The minimum absolute atomic E-state index is 0.0859. The summed E-state index contributed by atoms with van der Waals surface area (Å²) in [6.45, 7) is 1.96. The van der Waals surface area contributed by atoms with Gasteiger partial charge < -0.3 is 10.5 Å². The first-order valence-electron chi connectivity index (χ1n) is 7.44. The molecule has 1 aromatic rings. The van der Waals surface area contributed by atoms with E-state index >= 15 is 0 Å². The average Bonchev–Trinajstić information content (AvgIpc) is 2.53. The lowest BCUT2D eigenvalue weighted by atomic mass is 10.0. The monoisotopic (exact) mass is 290 g/mol. The summed E-state index contributed by atoms with van der Waals surface area (Å²) >= 11 is 0. The number of carbonyl (C=O) groups excluding carboxylic acids is 2. The Morgan fingerprint density at radius 2 is 2.14 bits per heavy atom. The first-order chi connectivity index (χ1) is 10.1. The molecule has 21 heavy (non-hydrogen) atoms. The van der Waals surface area contributed by atoms with Gasteiger partial charge in [0.05, 0.1) is 12.6 Å². The van der Waals surface area contributed by atoms with E-state index in [2.05, 4.69) is 0 Å². The van der Waals surface area contributed by atoms with Crippen LogP contribution in [-0.4, -0.2) is 31.1 Å². The van der Waals surface area contributed by atoms with E-state index in [1.165, 1.54) is 4.90 Å². The van der Waals surface area contributed by atoms with Gasteiger partial charge in [-0.2, -0.15) is 0 Å². The van der Waals surface area contributed by atoms with Gasteiger partial charge in [-0.25, -0.2) is 0 Å². The van der Waals surface area contributed by atoms with Crippen LogP contribution in [0.5, 0.6) is 0 Å². The van der Waals surface area contributed by atoms with Crippen LogP contribution in [0.1, 0.15) is 31.7 Å². The molecule has 0 spiro atoms. The minimum atomic E-state index is -0.564. The predicted octanol–water partition coefficient (Wildman–Crippen LogP) is 1.64. The molecule has 0 aliphatic carbocycles. The lowest BCUT2D eigenvalue weighted by Gasteiger charge is -2.26. The number of hydrogen-bond donors (Lipinski definition) is 1. The highest BCUT2D eigenvalue weighted by atomic mass is 16.5. The molecule has 1 unspecified atom stereocenters. The summed E-state index contributed by atoms with van der Waals surface area (Å²) in [5, 5.41) is 0. The molecule has 114 valence electrons. The zero-order valence-corrected chi connectivity index (χ0v) is 12.4. The van der Waals surface area contributed by atoms with Crippen LogP contribution >= 0.6 is 0 Å². The number of rotatable bonds is 3. The highest BCUT2D eigenvalue weighted by Crippen LogP contribution is 2.25. The molecule has 2 rings (SSSR count). The molecule has 1 aliphatic rings. The second kappa shape index (κ2) is 7.22. The lowest BCUT2D eigenvalue weighted by Crippen LogP contribution is -2.46. The molecule has 0 bridgehead atoms. The van der Waals surface area contributed by atoms with Crippen molar-refractivity contribution < 1.29 is 14.3 Å². The number of nitrogens with zero attached hydrogens (tertiary/aromatic N) is 1. The smallest absolute Gasteiger partial charge is 0.326 e. The number of benzene rings is 1. The van der Waals surface area contributed by atoms with Crippen molar-refractivity contribution >= 4 is 17.6 Å². The Labute approximate surface area is 125 Å². The molecule has 0 fully saturated rings. The average molecular weight is 290 g/mol. The number of hydrogen-bond acceptors (Lipinski definition) is 4. The molecule has 2 N–H and O–H groups in total. The van der Waals surface area contributed by atoms with Crippen LogP contribution < -0.4 is 10.6 Å². The number of anilines is 1. The van der Waals surface area contributed by atoms with Gasteiger partial charge in [0.25, 0.3) is 0 Å². The van der Waals surface area contributed by atoms with Crippen molar-refractivity contribution in [2.75, 3.05) is 18.1 Å². The van der Waals surface area contributed by atoms with Gasteiger partial charge in [-0.05, 0) is 37.8 Å². The fraction of sp³-hybridized carbons (Fsp3) is 0.500. The highest BCUT2D eigenvalue weighted by molar-refractivity contribution is 6.01. The van der Waals surface area contributed by atoms with Crippen molar-refractivity contribution in [3.63, 3.8) is 0 Å². The third kappa shape index (κ3) is 3.82. The van der Waals surface area contributed by atoms with Gasteiger partial charge in [-0.15, -0.1) is 0 Å². The number of para-hydroxylation sites is 1. The third-order valence-corrected chi connectivity index (χ3v) is 3.67. The van der Waals surface area contributed by atoms with Gasteiger partial charge in [0.2, 0.25) is 5.91 Å². The Kier molecular flexibility index (Phi) is 5.33. The number of carbonyl (C=O) groups is 2. The molecule has 0 saturated carbocycles. The summed E-state index contributed by atoms with van der Waals surface area (Å²) in [6.07, 6.45) is 3.43. The van der Waals surface area contributed by atoms with Crippen LogP contribution in [0.2, 0.25) is 0 Å². The molecule has 1 aromatic carbocycles. The fourth-order valence-electron chi connectivity index (χ4n) is 2.61. The molecular weight excluding hydrogens is 268 g/mol. The van der Waals surface area contributed by atoms with Gasteiger partial charge in [0, 0.05) is 5.69 Å². The maximum Gasteiger partial charge on any atom is 0.326 e. The van der Waals surface area contributed by atoms with Gasteiger partial charge in [0.15, 0.2) is 0 Å². The molecule has 1 heterocycles. The molecule has 0 radical (unpaired) electrons. The molecule has 1 amide bonds. The summed E-state index contributed by atoms with van der Waals surface area (Å²) in [5.41, 5.74) is 7.82. The Bertz CT molecular complexity index is 516. The third-order valence-electron chi connectivity index (χ3n) is 3.67. The van der Waals surface area contributed by atoms with Crippen LogP contribution in [-0.2, 0) is 20.7 Å². The first-order valence-corrected chi connectivity index (χ1v) is 7.44. The molecule has 0 saturated heterocycles. The summed E-state index contributed by atoms with van der Waals surface area (Å²) < 4.78 is 4.97. The van der Waals surface area contributed by atoms with Crippen molar-refractivity contribution in [3.8, 4) is 0 Å². The van der Waals surface area contributed by atoms with Gasteiger partial charge in [-0.1, -0.05) is 24.6 Å². The van der Waals surface area contributed by atoms with Gasteiger partial charge in [0.1, 0.15) is 6.54 Å². The summed E-state index contributed by atoms with van der Waals surface area (Å²) in [7, 11) is 0. The molecule has 1 aliphatic heterocycles. The fourth-order valence-corrected chi connectivity index (χ4v) is 2.61. The largest absolute Gasteiger partial charge is 0.465 e. The van der Waals surface area contributed by atoms with Crippen molar-refractivity contribution in [3.05, 3.63) is 29.8 Å². The van der Waals surface area contributed by atoms with Crippen molar-refractivity contribution in [2.24, 2.45) is 5.73 Å². The molecule has 5 heteroatoms. The zero-order chi connectivity index (χ0) is 15.2. The number of aryl methyl sites for hydroxylation is 1. The van der Waals surface area contributed by atoms with Gasteiger partial charge >= 0.3 is 5.97 Å².